The van der Waals surface area contributed by atoms with Gasteiger partial charge in [-0.05, 0) is 29.8 Å². The molecule has 0 radical (unpaired) electrons. The molecule has 2 N–H and O–H groups in total. The molecule has 6 atom stereocenters. The van der Waals surface area contributed by atoms with Gasteiger partial charge in [0.25, 0.3) is 0 Å². The van der Waals surface area contributed by atoms with Crippen molar-refractivity contribution in [3.63, 3.8) is 0 Å². The van der Waals surface area contributed by atoms with Crippen LogP contribution >= 0.6 is 0 Å². The second-order valence-corrected chi connectivity index (χ2v) is 10.8. The quantitative estimate of drug-likeness (QED) is 0.266. The maximum absolute atomic E-state index is 14.3. The van der Waals surface area contributed by atoms with Crippen molar-refractivity contribution in [1.82, 2.24) is 0 Å². The maximum atomic E-state index is 14.3. The van der Waals surface area contributed by atoms with E-state index in [1.54, 1.807) is 42.5 Å². The predicted octanol–water partition coefficient (Wildman–Crippen LogP) is 3.12. The first-order valence-electron chi connectivity index (χ1n) is 13.2. The normalized spacial score (nSPS) is 29.3. The summed E-state index contributed by atoms with van der Waals surface area (Å²) in [4.78, 5) is 58.7. The third-order valence-electron chi connectivity index (χ3n) is 9.09. The van der Waals surface area contributed by atoms with E-state index in [0.717, 1.165) is 9.80 Å². The third-order valence-corrected chi connectivity index (χ3v) is 9.09. The van der Waals surface area contributed by atoms with Crippen LogP contribution in [0.3, 0.4) is 0 Å². The molecule has 3 aliphatic carbocycles. The number of rotatable bonds is 5. The number of imide groups is 2. The van der Waals surface area contributed by atoms with E-state index >= 15 is 0 Å². The lowest BCUT2D eigenvalue weighted by Gasteiger charge is -2.53. The maximum Gasteiger partial charge on any atom is 0.239 e. The Morgan fingerprint density at radius 2 is 1.05 bits per heavy atom. The molecule has 5 aliphatic rings. The molecule has 12 heteroatoms. The summed E-state index contributed by atoms with van der Waals surface area (Å²) in [6, 6.07) is 19.9. The van der Waals surface area contributed by atoms with Crippen LogP contribution in [0.4, 0.5) is 22.7 Å². The van der Waals surface area contributed by atoms with Crippen LogP contribution in [-0.2, 0) is 24.6 Å². The minimum absolute atomic E-state index is 0.112. The van der Waals surface area contributed by atoms with Crippen LogP contribution in [0, 0.1) is 40.0 Å². The monoisotopic (exact) mass is 566 g/mol. The molecule has 2 unspecified atom stereocenters. The van der Waals surface area contributed by atoms with Crippen LogP contribution in [0.5, 0.6) is 0 Å². The van der Waals surface area contributed by atoms with Crippen LogP contribution < -0.4 is 20.3 Å². The number of allylic oxidation sites excluding steroid dienone is 2. The van der Waals surface area contributed by atoms with E-state index in [1.807, 2.05) is 0 Å². The summed E-state index contributed by atoms with van der Waals surface area (Å²) in [5.41, 5.74) is -1.75. The van der Waals surface area contributed by atoms with Crippen molar-refractivity contribution in [2.45, 2.75) is 5.41 Å². The van der Waals surface area contributed by atoms with Gasteiger partial charge in [-0.3, -0.25) is 29.6 Å². The standard InChI is InChI=1S/C30H22N4O8/c35-26-22-17-14-15-30(16-8-2-1-3-9-16,24(22)28(37)31(26)18-10-4-6-12-20(18)33(39)40)25-23(17)27(36)32(29(25)38)19-11-5-7-13-21(19)34(41)42/h1-15,17,22-25,39,41H/q-2/t17?,22-,23+,24+,25-,30?. The van der Waals surface area contributed by atoms with Crippen molar-refractivity contribution in [2.75, 3.05) is 20.3 Å². The van der Waals surface area contributed by atoms with E-state index in [9.17, 15) is 40.0 Å². The SMILES string of the molecule is O=C1[C@@H]2C3C=CC(c4ccccc4)([C@@H]2C(=O)N1c1ccccc1N([O-])O)[C@H]1C(=O)N(c2ccccc2N([O-])O)C(=O)[C@@H]31. The van der Waals surface area contributed by atoms with Gasteiger partial charge in [-0.25, -0.2) is 9.80 Å². The Balaban J connectivity index is 1.43. The number of para-hydroxylation sites is 4. The Bertz CT molecular complexity index is 1590. The molecule has 8 rings (SSSR count). The number of carbonyl (C=O) groups is 4. The summed E-state index contributed by atoms with van der Waals surface area (Å²) in [5.74, 6) is -7.86. The number of amides is 4. The second kappa shape index (κ2) is 9.06. The van der Waals surface area contributed by atoms with Crippen LogP contribution in [0.25, 0.3) is 0 Å². The van der Waals surface area contributed by atoms with Gasteiger partial charge in [0.1, 0.15) is 0 Å². The van der Waals surface area contributed by atoms with Crippen molar-refractivity contribution >= 4 is 46.4 Å². The molecule has 0 spiro atoms. The van der Waals surface area contributed by atoms with E-state index in [1.165, 1.54) is 48.5 Å². The molecule has 0 aromatic heterocycles. The van der Waals surface area contributed by atoms with Crippen LogP contribution in [0.2, 0.25) is 0 Å². The number of anilines is 4. The highest BCUT2D eigenvalue weighted by Crippen LogP contribution is 2.65. The van der Waals surface area contributed by atoms with E-state index < -0.39 is 69.1 Å². The number of hydrogen-bond donors (Lipinski definition) is 2. The van der Waals surface area contributed by atoms with Gasteiger partial charge in [0, 0.05) is 11.3 Å². The number of hydrogen-bond acceptors (Lipinski definition) is 10. The molecule has 3 fully saturated rings. The minimum Gasteiger partial charge on any atom is -0.733 e. The van der Waals surface area contributed by atoms with Gasteiger partial charge in [-0.2, -0.15) is 0 Å². The molecule has 12 nitrogen and oxygen atoms in total. The lowest BCUT2D eigenvalue weighted by molar-refractivity contribution is -0.140. The Morgan fingerprint density at radius 3 is 1.50 bits per heavy atom. The van der Waals surface area contributed by atoms with E-state index in [0.29, 0.717) is 5.56 Å². The molecule has 42 heavy (non-hydrogen) atoms. The zero-order chi connectivity index (χ0) is 29.5. The highest BCUT2D eigenvalue weighted by atomic mass is 16.8. The van der Waals surface area contributed by atoms with Gasteiger partial charge < -0.3 is 20.9 Å². The van der Waals surface area contributed by atoms with E-state index in [-0.39, 0.29) is 22.7 Å². The van der Waals surface area contributed by atoms with Crippen molar-refractivity contribution < 1.29 is 29.6 Å². The molecule has 2 bridgehead atoms. The third kappa shape index (κ3) is 3.20. The molecule has 2 saturated heterocycles. The van der Waals surface area contributed by atoms with Crippen molar-refractivity contribution in [2.24, 2.45) is 29.6 Å². The number of carbonyl (C=O) groups excluding carboxylic acids is 4. The first-order chi connectivity index (χ1) is 20.2. The smallest absolute Gasteiger partial charge is 0.239 e. The van der Waals surface area contributed by atoms with E-state index in [4.69, 9.17) is 0 Å². The van der Waals surface area contributed by atoms with Crippen molar-refractivity contribution in [3.8, 4) is 0 Å². The number of nitrogens with zero attached hydrogens (tertiary/aromatic N) is 4. The largest absolute Gasteiger partial charge is 0.733 e. The first-order valence-corrected chi connectivity index (χ1v) is 13.2. The molecule has 2 aliphatic heterocycles. The lowest BCUT2D eigenvalue weighted by atomic mass is 9.45. The van der Waals surface area contributed by atoms with Crippen LogP contribution in [-0.4, -0.2) is 34.0 Å². The van der Waals surface area contributed by atoms with E-state index in [2.05, 4.69) is 0 Å². The predicted molar refractivity (Wildman–Crippen MR) is 148 cm³/mol. The first kappa shape index (κ1) is 26.0. The van der Waals surface area contributed by atoms with Crippen molar-refractivity contribution in [3.05, 3.63) is 107 Å². The second-order valence-electron chi connectivity index (χ2n) is 10.8. The Morgan fingerprint density at radius 1 is 0.619 bits per heavy atom. The molecule has 2 heterocycles. The summed E-state index contributed by atoms with van der Waals surface area (Å²) in [5, 5.41) is 42.5. The molecule has 212 valence electrons. The molecule has 3 aromatic carbocycles. The van der Waals surface area contributed by atoms with Gasteiger partial charge in [0.05, 0.1) is 46.4 Å². The molecule has 3 aromatic rings. The fraction of sp³-hybridized carbons (Fsp3) is 0.200. The van der Waals surface area contributed by atoms with Crippen molar-refractivity contribution in [1.29, 1.82) is 0 Å². The Hall–Kier alpha value is -4.88. The lowest BCUT2D eigenvalue weighted by Crippen LogP contribution is -2.60. The van der Waals surface area contributed by atoms with Gasteiger partial charge in [0.15, 0.2) is 0 Å². The molecular weight excluding hydrogens is 544 g/mol. The summed E-state index contributed by atoms with van der Waals surface area (Å²) < 4.78 is 0. The zero-order valence-electron chi connectivity index (χ0n) is 21.7. The summed E-state index contributed by atoms with van der Waals surface area (Å²) >= 11 is 0. The van der Waals surface area contributed by atoms with Gasteiger partial charge in [0.2, 0.25) is 23.6 Å². The van der Waals surface area contributed by atoms with Gasteiger partial charge in [-0.15, -0.1) is 0 Å². The zero-order valence-corrected chi connectivity index (χ0v) is 21.7. The fourth-order valence-electron chi connectivity index (χ4n) is 7.58. The summed E-state index contributed by atoms with van der Waals surface area (Å²) in [6.45, 7) is 0. The van der Waals surface area contributed by atoms with Gasteiger partial charge >= 0.3 is 0 Å². The highest BCUT2D eigenvalue weighted by Gasteiger charge is 2.75. The highest BCUT2D eigenvalue weighted by molar-refractivity contribution is 6.28. The average molecular weight is 567 g/mol. The summed E-state index contributed by atoms with van der Waals surface area (Å²) in [7, 11) is 0. The molecule has 4 amide bonds. The van der Waals surface area contributed by atoms with Gasteiger partial charge in [-0.1, -0.05) is 66.7 Å². The Labute approximate surface area is 238 Å². The topological polar surface area (TPSA) is 168 Å². The number of benzene rings is 3. The Kier molecular flexibility index (Phi) is 5.62. The fourth-order valence-corrected chi connectivity index (χ4v) is 7.58. The molecular formula is C30H22N4O8-2. The van der Waals surface area contributed by atoms with Crippen LogP contribution in [0.1, 0.15) is 5.56 Å². The summed E-state index contributed by atoms with van der Waals surface area (Å²) in [6.07, 6.45) is 3.43. The van der Waals surface area contributed by atoms with Crippen LogP contribution in [0.15, 0.2) is 91.0 Å². The molecule has 1 saturated carbocycles. The average Bonchev–Trinajstić information content (AvgIpc) is 3.44. The minimum atomic E-state index is -1.44.